The molecule has 2 aromatic rings. The predicted molar refractivity (Wildman–Crippen MR) is 82.7 cm³/mol. The van der Waals surface area contributed by atoms with E-state index in [9.17, 15) is 9.90 Å². The molecule has 1 aliphatic rings. The molecule has 1 aromatic heterocycles. The van der Waals surface area contributed by atoms with E-state index in [1.165, 1.54) is 0 Å². The van der Waals surface area contributed by atoms with Crippen molar-refractivity contribution >= 4 is 5.97 Å². The van der Waals surface area contributed by atoms with Gasteiger partial charge in [0.2, 0.25) is 0 Å². The van der Waals surface area contributed by atoms with Crippen LogP contribution in [-0.4, -0.2) is 44.4 Å². The van der Waals surface area contributed by atoms with E-state index in [0.717, 1.165) is 16.9 Å². The highest BCUT2D eigenvalue weighted by Gasteiger charge is 2.35. The number of hydrogen-bond donors (Lipinski definition) is 2. The summed E-state index contributed by atoms with van der Waals surface area (Å²) >= 11 is 0. The van der Waals surface area contributed by atoms with Crippen molar-refractivity contribution in [2.45, 2.75) is 32.0 Å². The van der Waals surface area contributed by atoms with Crippen LogP contribution < -0.4 is 5.73 Å². The highest BCUT2D eigenvalue weighted by molar-refractivity contribution is 5.74. The third kappa shape index (κ3) is 2.88. The zero-order valence-corrected chi connectivity index (χ0v) is 12.5. The van der Waals surface area contributed by atoms with Gasteiger partial charge in [-0.05, 0) is 25.5 Å². The van der Waals surface area contributed by atoms with E-state index in [0.29, 0.717) is 19.5 Å². The van der Waals surface area contributed by atoms with E-state index in [2.05, 4.69) is 5.10 Å². The number of aryl methyl sites for hydroxylation is 1. The molecule has 3 rings (SSSR count). The van der Waals surface area contributed by atoms with E-state index < -0.39 is 12.0 Å². The topological polar surface area (TPSA) is 84.4 Å². The van der Waals surface area contributed by atoms with Gasteiger partial charge in [-0.25, -0.2) is 4.68 Å². The van der Waals surface area contributed by atoms with Crippen LogP contribution in [0, 0.1) is 6.92 Å². The van der Waals surface area contributed by atoms with Crippen molar-refractivity contribution in [1.82, 2.24) is 14.7 Å². The summed E-state index contributed by atoms with van der Waals surface area (Å²) in [4.78, 5) is 13.3. The highest BCUT2D eigenvalue weighted by atomic mass is 16.4. The Morgan fingerprint density at radius 3 is 2.82 bits per heavy atom. The third-order valence-electron chi connectivity index (χ3n) is 4.12. The van der Waals surface area contributed by atoms with E-state index in [1.54, 1.807) is 0 Å². The maximum atomic E-state index is 11.3. The Labute approximate surface area is 129 Å². The van der Waals surface area contributed by atoms with Gasteiger partial charge in [-0.1, -0.05) is 18.2 Å². The maximum absolute atomic E-state index is 11.3. The first-order valence-corrected chi connectivity index (χ1v) is 7.37. The van der Waals surface area contributed by atoms with Crippen LogP contribution in [0.3, 0.4) is 0 Å². The van der Waals surface area contributed by atoms with Crippen LogP contribution in [0.4, 0.5) is 0 Å². The molecule has 2 heterocycles. The fourth-order valence-electron chi connectivity index (χ4n) is 2.95. The molecule has 6 nitrogen and oxygen atoms in total. The van der Waals surface area contributed by atoms with Gasteiger partial charge >= 0.3 is 5.97 Å². The van der Waals surface area contributed by atoms with Gasteiger partial charge in [-0.2, -0.15) is 5.10 Å². The molecular weight excluding hydrogens is 280 g/mol. The molecule has 0 bridgehead atoms. The summed E-state index contributed by atoms with van der Waals surface area (Å²) in [5.74, 6) is -0.805. The van der Waals surface area contributed by atoms with Crippen LogP contribution in [0.2, 0.25) is 0 Å². The molecule has 1 fully saturated rings. The molecule has 0 radical (unpaired) electrons. The number of nitrogens with two attached hydrogens (primary N) is 1. The molecule has 3 N–H and O–H groups in total. The number of rotatable bonds is 4. The summed E-state index contributed by atoms with van der Waals surface area (Å²) in [7, 11) is 0. The molecule has 1 saturated heterocycles. The van der Waals surface area contributed by atoms with Gasteiger partial charge in [0.05, 0.1) is 11.4 Å². The summed E-state index contributed by atoms with van der Waals surface area (Å²) in [6.45, 7) is 3.11. The lowest BCUT2D eigenvalue weighted by atomic mass is 10.2. The van der Waals surface area contributed by atoms with Gasteiger partial charge < -0.3 is 10.8 Å². The zero-order chi connectivity index (χ0) is 15.7. The Hall–Kier alpha value is -2.18. The number of likely N-dealkylation sites (tertiary alicyclic amines) is 1. The Kier molecular flexibility index (Phi) is 3.96. The Balaban J connectivity index is 1.81. The molecule has 116 valence electrons. The van der Waals surface area contributed by atoms with E-state index in [1.807, 2.05) is 53.0 Å². The molecule has 0 unspecified atom stereocenters. The lowest BCUT2D eigenvalue weighted by Crippen LogP contribution is -2.35. The number of aliphatic carboxylic acids is 1. The summed E-state index contributed by atoms with van der Waals surface area (Å²) < 4.78 is 1.83. The molecule has 0 amide bonds. The normalized spacial score (nSPS) is 22.1. The van der Waals surface area contributed by atoms with Crippen molar-refractivity contribution in [3.8, 4) is 5.69 Å². The van der Waals surface area contributed by atoms with Crippen molar-refractivity contribution in [3.05, 3.63) is 47.8 Å². The molecule has 2 atom stereocenters. The van der Waals surface area contributed by atoms with Gasteiger partial charge in [0.1, 0.15) is 6.04 Å². The first-order valence-electron chi connectivity index (χ1n) is 7.37. The average Bonchev–Trinajstić information content (AvgIpc) is 3.04. The number of benzene rings is 1. The summed E-state index contributed by atoms with van der Waals surface area (Å²) in [6.07, 6.45) is 2.47. The maximum Gasteiger partial charge on any atom is 0.320 e. The largest absolute Gasteiger partial charge is 0.480 e. The average molecular weight is 300 g/mol. The van der Waals surface area contributed by atoms with Crippen molar-refractivity contribution in [2.24, 2.45) is 5.73 Å². The van der Waals surface area contributed by atoms with Gasteiger partial charge in [-0.15, -0.1) is 0 Å². The predicted octanol–water partition coefficient (Wildman–Crippen LogP) is 1.17. The molecule has 22 heavy (non-hydrogen) atoms. The van der Waals surface area contributed by atoms with Crippen LogP contribution in [-0.2, 0) is 11.3 Å². The summed E-state index contributed by atoms with van der Waals surface area (Å²) in [5.41, 5.74) is 8.85. The number of aromatic nitrogens is 2. The summed E-state index contributed by atoms with van der Waals surface area (Å²) in [5, 5.41) is 13.8. The van der Waals surface area contributed by atoms with E-state index in [-0.39, 0.29) is 6.04 Å². The van der Waals surface area contributed by atoms with Crippen molar-refractivity contribution in [2.75, 3.05) is 6.54 Å². The quantitative estimate of drug-likeness (QED) is 0.885. The minimum atomic E-state index is -0.805. The fourth-order valence-corrected chi connectivity index (χ4v) is 2.95. The van der Waals surface area contributed by atoms with Crippen LogP contribution in [0.15, 0.2) is 36.5 Å². The third-order valence-corrected chi connectivity index (χ3v) is 4.12. The monoisotopic (exact) mass is 300 g/mol. The molecular formula is C16H20N4O2. The Morgan fingerprint density at radius 2 is 2.14 bits per heavy atom. The van der Waals surface area contributed by atoms with E-state index in [4.69, 9.17) is 5.73 Å². The minimum absolute atomic E-state index is 0.0782. The molecule has 0 saturated carbocycles. The number of carboxylic acid groups (broad SMARTS) is 1. The van der Waals surface area contributed by atoms with E-state index >= 15 is 0 Å². The smallest absolute Gasteiger partial charge is 0.320 e. The zero-order valence-electron chi connectivity index (χ0n) is 12.5. The van der Waals surface area contributed by atoms with Crippen molar-refractivity contribution < 1.29 is 9.90 Å². The second kappa shape index (κ2) is 5.90. The molecule has 0 spiro atoms. The second-order valence-electron chi connectivity index (χ2n) is 5.80. The standard InChI is InChI=1S/C16H20N4O2/c1-11-12(8-19-10-13(17)7-15(19)16(21)22)9-20(18-11)14-5-3-2-4-6-14/h2-6,9,13,15H,7-8,10,17H2,1H3,(H,21,22)/t13-,15-/m0/s1. The summed E-state index contributed by atoms with van der Waals surface area (Å²) in [6, 6.07) is 9.28. The number of nitrogens with zero attached hydrogens (tertiary/aromatic N) is 3. The van der Waals surface area contributed by atoms with Crippen molar-refractivity contribution in [1.29, 1.82) is 0 Å². The Bertz CT molecular complexity index is 668. The number of carboxylic acids is 1. The molecule has 1 aromatic carbocycles. The van der Waals surface area contributed by atoms with Crippen LogP contribution in [0.5, 0.6) is 0 Å². The fraction of sp³-hybridized carbons (Fsp3) is 0.375. The van der Waals surface area contributed by atoms with Gasteiger partial charge in [0.25, 0.3) is 0 Å². The van der Waals surface area contributed by atoms with Crippen LogP contribution in [0.25, 0.3) is 5.69 Å². The lowest BCUT2D eigenvalue weighted by Gasteiger charge is -2.20. The second-order valence-corrected chi connectivity index (χ2v) is 5.80. The molecule has 6 heteroatoms. The van der Waals surface area contributed by atoms with Gasteiger partial charge in [0.15, 0.2) is 0 Å². The van der Waals surface area contributed by atoms with Crippen molar-refractivity contribution in [3.63, 3.8) is 0 Å². The lowest BCUT2D eigenvalue weighted by molar-refractivity contribution is -0.142. The molecule has 0 aliphatic carbocycles. The van der Waals surface area contributed by atoms with Gasteiger partial charge in [0, 0.05) is 30.9 Å². The molecule has 1 aliphatic heterocycles. The first kappa shape index (κ1) is 14.7. The number of para-hydroxylation sites is 1. The SMILES string of the molecule is Cc1nn(-c2ccccc2)cc1CN1C[C@@H](N)C[C@H]1C(=O)O. The number of hydrogen-bond acceptors (Lipinski definition) is 4. The van der Waals surface area contributed by atoms with Crippen LogP contribution in [0.1, 0.15) is 17.7 Å². The highest BCUT2D eigenvalue weighted by Crippen LogP contribution is 2.21. The first-order chi connectivity index (χ1) is 10.5. The number of carbonyl (C=O) groups is 1. The Morgan fingerprint density at radius 1 is 1.41 bits per heavy atom. The minimum Gasteiger partial charge on any atom is -0.480 e. The van der Waals surface area contributed by atoms with Gasteiger partial charge in [-0.3, -0.25) is 9.69 Å². The van der Waals surface area contributed by atoms with Crippen LogP contribution >= 0.6 is 0 Å².